The first-order chi connectivity index (χ1) is 18.0. The molecule has 0 fully saturated rings. The maximum Gasteiger partial charge on any atom is 0.287 e. The molecule has 0 aliphatic carbocycles. The van der Waals surface area contributed by atoms with Gasteiger partial charge >= 0.3 is 0 Å². The molecule has 0 atom stereocenters. The maximum atomic E-state index is 13.8. The second-order valence-electron chi connectivity index (χ2n) is 8.72. The van der Waals surface area contributed by atoms with Crippen LogP contribution >= 0.6 is 0 Å². The van der Waals surface area contributed by atoms with E-state index < -0.39 is 0 Å². The van der Waals surface area contributed by atoms with E-state index in [4.69, 9.17) is 13.9 Å². The number of halogens is 1. The molecule has 4 aromatic rings. The van der Waals surface area contributed by atoms with Crippen molar-refractivity contribution in [3.8, 4) is 11.5 Å². The molecule has 0 bridgehead atoms. The van der Waals surface area contributed by atoms with Gasteiger partial charge < -0.3 is 19.2 Å². The number of carbonyl (C=O) groups excluding carboxylic acids is 1. The molecular formula is C30H31FN2O4. The Bertz CT molecular complexity index is 1310. The largest absolute Gasteiger partial charge is 0.493 e. The molecule has 1 heterocycles. The number of hydrogen-bond donors (Lipinski definition) is 1. The minimum absolute atomic E-state index is 0.251. The highest BCUT2D eigenvalue weighted by Gasteiger charge is 2.16. The van der Waals surface area contributed by atoms with Crippen molar-refractivity contribution in [2.75, 3.05) is 20.8 Å². The lowest BCUT2D eigenvalue weighted by atomic mass is 10.1. The van der Waals surface area contributed by atoms with E-state index in [0.29, 0.717) is 43.4 Å². The number of benzene rings is 3. The van der Waals surface area contributed by atoms with E-state index >= 15 is 0 Å². The summed E-state index contributed by atoms with van der Waals surface area (Å²) in [5.74, 6) is 1.66. The van der Waals surface area contributed by atoms with Gasteiger partial charge in [-0.25, -0.2) is 4.39 Å². The van der Waals surface area contributed by atoms with Gasteiger partial charge in [0.1, 0.15) is 11.6 Å². The van der Waals surface area contributed by atoms with Crippen LogP contribution in [-0.4, -0.2) is 31.6 Å². The first-order valence-electron chi connectivity index (χ1n) is 12.1. The van der Waals surface area contributed by atoms with Gasteiger partial charge in [0.15, 0.2) is 17.3 Å². The highest BCUT2D eigenvalue weighted by Crippen LogP contribution is 2.28. The summed E-state index contributed by atoms with van der Waals surface area (Å²) in [4.78, 5) is 14.7. The van der Waals surface area contributed by atoms with Crippen molar-refractivity contribution in [1.82, 2.24) is 10.2 Å². The summed E-state index contributed by atoms with van der Waals surface area (Å²) >= 11 is 0. The molecule has 7 heteroatoms. The van der Waals surface area contributed by atoms with Crippen molar-refractivity contribution in [1.29, 1.82) is 0 Å². The second kappa shape index (κ2) is 12.7. The molecule has 4 rings (SSSR count). The fraction of sp³-hybridized carbons (Fsp3) is 0.233. The van der Waals surface area contributed by atoms with Gasteiger partial charge in [0.05, 0.1) is 20.8 Å². The Hall–Kier alpha value is -4.10. The summed E-state index contributed by atoms with van der Waals surface area (Å²) in [6.45, 7) is 1.99. The molecule has 3 aromatic carbocycles. The normalized spacial score (nSPS) is 10.9. The summed E-state index contributed by atoms with van der Waals surface area (Å²) in [6, 6.07) is 25.8. The predicted octanol–water partition coefficient (Wildman–Crippen LogP) is 5.61. The summed E-state index contributed by atoms with van der Waals surface area (Å²) in [5.41, 5.74) is 3.00. The Morgan fingerprint density at radius 1 is 0.811 bits per heavy atom. The third kappa shape index (κ3) is 7.44. The Labute approximate surface area is 216 Å². The number of nitrogens with one attached hydrogen (secondary N) is 1. The highest BCUT2D eigenvalue weighted by molar-refractivity contribution is 5.91. The number of ether oxygens (including phenoxy) is 2. The minimum atomic E-state index is -0.281. The molecule has 0 unspecified atom stereocenters. The maximum absolute atomic E-state index is 13.8. The van der Waals surface area contributed by atoms with Crippen molar-refractivity contribution < 1.29 is 23.1 Å². The fourth-order valence-corrected chi connectivity index (χ4v) is 4.16. The van der Waals surface area contributed by atoms with Crippen LogP contribution in [0.1, 0.15) is 33.0 Å². The zero-order valence-corrected chi connectivity index (χ0v) is 21.1. The smallest absolute Gasteiger partial charge is 0.287 e. The quantitative estimate of drug-likeness (QED) is 0.273. The minimum Gasteiger partial charge on any atom is -0.493 e. The molecule has 1 N–H and O–H groups in total. The van der Waals surface area contributed by atoms with Crippen LogP contribution in [0.4, 0.5) is 4.39 Å². The van der Waals surface area contributed by atoms with Gasteiger partial charge in [0, 0.05) is 19.6 Å². The molecule has 0 spiro atoms. The van der Waals surface area contributed by atoms with Crippen LogP contribution in [0.3, 0.4) is 0 Å². The summed E-state index contributed by atoms with van der Waals surface area (Å²) in [6.07, 6.45) is 0.743. The number of furan rings is 1. The number of amides is 1. The Morgan fingerprint density at radius 3 is 2.27 bits per heavy atom. The Balaban J connectivity index is 1.44. The summed E-state index contributed by atoms with van der Waals surface area (Å²) in [5, 5.41) is 2.91. The van der Waals surface area contributed by atoms with Gasteiger partial charge in [-0.3, -0.25) is 9.69 Å². The van der Waals surface area contributed by atoms with Crippen molar-refractivity contribution in [3.05, 3.63) is 119 Å². The third-order valence-corrected chi connectivity index (χ3v) is 5.96. The van der Waals surface area contributed by atoms with Crippen molar-refractivity contribution in [2.24, 2.45) is 0 Å². The predicted molar refractivity (Wildman–Crippen MR) is 140 cm³/mol. The van der Waals surface area contributed by atoms with Gasteiger partial charge in [0.25, 0.3) is 5.91 Å². The van der Waals surface area contributed by atoms with Gasteiger partial charge in [-0.2, -0.15) is 0 Å². The standard InChI is InChI=1S/C30H31FN2O4/c1-35-27-13-11-24(18-29(27)36-2)20-33(19-23-9-6-10-25(31)17-23)21-26-12-14-28(37-26)30(34)32-16-15-22-7-4-3-5-8-22/h3-14,17-18H,15-16,19-21H2,1-2H3,(H,32,34). The lowest BCUT2D eigenvalue weighted by Gasteiger charge is -2.22. The summed E-state index contributed by atoms with van der Waals surface area (Å²) in [7, 11) is 3.20. The molecule has 37 heavy (non-hydrogen) atoms. The van der Waals surface area contributed by atoms with Gasteiger partial charge in [-0.1, -0.05) is 48.5 Å². The van der Waals surface area contributed by atoms with E-state index in [1.165, 1.54) is 12.1 Å². The van der Waals surface area contributed by atoms with Crippen LogP contribution in [0.15, 0.2) is 89.3 Å². The zero-order chi connectivity index (χ0) is 26.0. The number of rotatable bonds is 12. The molecular weight excluding hydrogens is 471 g/mol. The molecule has 192 valence electrons. The van der Waals surface area contributed by atoms with E-state index in [-0.39, 0.29) is 17.5 Å². The van der Waals surface area contributed by atoms with E-state index in [9.17, 15) is 9.18 Å². The number of carbonyl (C=O) groups is 1. The Kier molecular flexibility index (Phi) is 8.94. The molecule has 0 aliphatic heterocycles. The molecule has 0 saturated carbocycles. The van der Waals surface area contributed by atoms with Crippen molar-refractivity contribution >= 4 is 5.91 Å². The van der Waals surface area contributed by atoms with E-state index in [2.05, 4.69) is 10.2 Å². The van der Waals surface area contributed by atoms with E-state index in [1.807, 2.05) is 54.6 Å². The first-order valence-corrected chi connectivity index (χ1v) is 12.1. The number of hydrogen-bond acceptors (Lipinski definition) is 5. The Morgan fingerprint density at radius 2 is 1.54 bits per heavy atom. The van der Waals surface area contributed by atoms with Gasteiger partial charge in [-0.05, 0) is 59.5 Å². The highest BCUT2D eigenvalue weighted by atomic mass is 19.1. The molecule has 0 saturated heterocycles. The van der Waals surface area contributed by atoms with Crippen LogP contribution in [-0.2, 0) is 26.1 Å². The first kappa shape index (κ1) is 26.0. The molecule has 1 amide bonds. The van der Waals surface area contributed by atoms with Crippen molar-refractivity contribution in [2.45, 2.75) is 26.1 Å². The average Bonchev–Trinajstić information content (AvgIpc) is 3.38. The van der Waals surface area contributed by atoms with Crippen LogP contribution in [0, 0.1) is 5.82 Å². The molecule has 1 aromatic heterocycles. The fourth-order valence-electron chi connectivity index (χ4n) is 4.16. The molecule has 0 radical (unpaired) electrons. The SMILES string of the molecule is COc1ccc(CN(Cc2cccc(F)c2)Cc2ccc(C(=O)NCCc3ccccc3)o2)cc1OC. The zero-order valence-electron chi connectivity index (χ0n) is 21.1. The average molecular weight is 503 g/mol. The number of nitrogens with zero attached hydrogens (tertiary/aromatic N) is 1. The molecule has 0 aliphatic rings. The monoisotopic (exact) mass is 502 g/mol. The van der Waals surface area contributed by atoms with Crippen molar-refractivity contribution in [3.63, 3.8) is 0 Å². The second-order valence-corrected chi connectivity index (χ2v) is 8.72. The lowest BCUT2D eigenvalue weighted by molar-refractivity contribution is 0.0922. The van der Waals surface area contributed by atoms with Crippen LogP contribution in [0.2, 0.25) is 0 Å². The van der Waals surface area contributed by atoms with Gasteiger partial charge in [0.2, 0.25) is 0 Å². The van der Waals surface area contributed by atoms with Gasteiger partial charge in [-0.15, -0.1) is 0 Å². The van der Waals surface area contributed by atoms with E-state index in [0.717, 1.165) is 23.1 Å². The summed E-state index contributed by atoms with van der Waals surface area (Å²) < 4.78 is 30.5. The topological polar surface area (TPSA) is 63.9 Å². The van der Waals surface area contributed by atoms with E-state index in [1.54, 1.807) is 32.4 Å². The third-order valence-electron chi connectivity index (χ3n) is 5.96. The lowest BCUT2D eigenvalue weighted by Crippen LogP contribution is -2.25. The van der Waals surface area contributed by atoms with Crippen LogP contribution in [0.25, 0.3) is 0 Å². The van der Waals surface area contributed by atoms with Crippen LogP contribution in [0.5, 0.6) is 11.5 Å². The number of methoxy groups -OCH3 is 2. The molecule has 6 nitrogen and oxygen atoms in total. The van der Waals surface area contributed by atoms with Crippen LogP contribution < -0.4 is 14.8 Å².